The van der Waals surface area contributed by atoms with Crippen molar-refractivity contribution in [1.29, 1.82) is 0 Å². The Labute approximate surface area is 121 Å². The fourth-order valence-corrected chi connectivity index (χ4v) is 2.42. The molecule has 2 heteroatoms. The number of hydrogen-bond acceptors (Lipinski definition) is 2. The molecule has 1 atom stereocenters. The summed E-state index contributed by atoms with van der Waals surface area (Å²) in [4.78, 5) is 0. The standard InChI is InChI=1S/C18H23NO/c1-20-18-12-6-10-16(14-18)13-17(19)11-5-9-15-7-3-2-4-8-15/h2-4,6-8,10,12,14,17H,5,9,11,13,19H2,1H3. The molecular formula is C18H23NO. The first kappa shape index (κ1) is 14.6. The Kier molecular flexibility index (Phi) is 5.63. The number of ether oxygens (including phenoxy) is 1. The molecule has 0 bridgehead atoms. The lowest BCUT2D eigenvalue weighted by Gasteiger charge is -2.12. The maximum absolute atomic E-state index is 6.22. The molecule has 2 nitrogen and oxygen atoms in total. The lowest BCUT2D eigenvalue weighted by Crippen LogP contribution is -2.22. The molecule has 0 aliphatic heterocycles. The van der Waals surface area contributed by atoms with Crippen molar-refractivity contribution in [1.82, 2.24) is 0 Å². The van der Waals surface area contributed by atoms with Crippen molar-refractivity contribution in [3.63, 3.8) is 0 Å². The van der Waals surface area contributed by atoms with E-state index in [-0.39, 0.29) is 6.04 Å². The van der Waals surface area contributed by atoms with Gasteiger partial charge in [-0.1, -0.05) is 42.5 Å². The first-order chi connectivity index (χ1) is 9.78. The van der Waals surface area contributed by atoms with Crippen LogP contribution in [0.1, 0.15) is 24.0 Å². The SMILES string of the molecule is COc1cccc(CC(N)CCCc2ccccc2)c1. The average Bonchev–Trinajstić information content (AvgIpc) is 2.48. The Morgan fingerprint density at radius 2 is 1.75 bits per heavy atom. The van der Waals surface area contributed by atoms with Gasteiger partial charge < -0.3 is 10.5 Å². The molecule has 0 spiro atoms. The summed E-state index contributed by atoms with van der Waals surface area (Å²) in [6.07, 6.45) is 4.19. The van der Waals surface area contributed by atoms with Crippen LogP contribution in [0.4, 0.5) is 0 Å². The molecule has 2 aromatic carbocycles. The summed E-state index contributed by atoms with van der Waals surface area (Å²) < 4.78 is 5.23. The van der Waals surface area contributed by atoms with Gasteiger partial charge in [0.1, 0.15) is 5.75 Å². The van der Waals surface area contributed by atoms with Crippen molar-refractivity contribution >= 4 is 0 Å². The smallest absolute Gasteiger partial charge is 0.119 e. The summed E-state index contributed by atoms with van der Waals surface area (Å²) in [7, 11) is 1.69. The summed E-state index contributed by atoms with van der Waals surface area (Å²) in [5.74, 6) is 0.902. The minimum atomic E-state index is 0.214. The van der Waals surface area contributed by atoms with Crippen molar-refractivity contribution in [3.8, 4) is 5.75 Å². The predicted molar refractivity (Wildman–Crippen MR) is 84.1 cm³/mol. The summed E-state index contributed by atoms with van der Waals surface area (Å²) in [6.45, 7) is 0. The Hall–Kier alpha value is -1.80. The highest BCUT2D eigenvalue weighted by atomic mass is 16.5. The van der Waals surface area contributed by atoms with Crippen molar-refractivity contribution in [2.75, 3.05) is 7.11 Å². The second-order valence-corrected chi connectivity index (χ2v) is 5.19. The van der Waals surface area contributed by atoms with Crippen LogP contribution in [0.2, 0.25) is 0 Å². The second kappa shape index (κ2) is 7.71. The number of rotatable bonds is 7. The number of aryl methyl sites for hydroxylation is 1. The van der Waals surface area contributed by atoms with Gasteiger partial charge >= 0.3 is 0 Å². The van der Waals surface area contributed by atoms with Gasteiger partial charge in [0.2, 0.25) is 0 Å². The van der Waals surface area contributed by atoms with E-state index in [1.54, 1.807) is 7.11 Å². The van der Waals surface area contributed by atoms with Gasteiger partial charge in [0, 0.05) is 6.04 Å². The number of methoxy groups -OCH3 is 1. The monoisotopic (exact) mass is 269 g/mol. The van der Waals surface area contributed by atoms with Crippen LogP contribution in [0.3, 0.4) is 0 Å². The van der Waals surface area contributed by atoms with Gasteiger partial charge in [0.25, 0.3) is 0 Å². The van der Waals surface area contributed by atoms with Gasteiger partial charge in [0.15, 0.2) is 0 Å². The van der Waals surface area contributed by atoms with Gasteiger partial charge in [-0.25, -0.2) is 0 Å². The minimum absolute atomic E-state index is 0.214. The fourth-order valence-electron chi connectivity index (χ4n) is 2.42. The van der Waals surface area contributed by atoms with Crippen LogP contribution in [0.5, 0.6) is 5.75 Å². The minimum Gasteiger partial charge on any atom is -0.497 e. The van der Waals surface area contributed by atoms with Crippen molar-refractivity contribution < 1.29 is 4.74 Å². The molecule has 0 aromatic heterocycles. The fraction of sp³-hybridized carbons (Fsp3) is 0.333. The lowest BCUT2D eigenvalue weighted by atomic mass is 10.00. The van der Waals surface area contributed by atoms with E-state index in [4.69, 9.17) is 10.5 Å². The molecule has 0 radical (unpaired) electrons. The van der Waals surface area contributed by atoms with E-state index in [9.17, 15) is 0 Å². The highest BCUT2D eigenvalue weighted by molar-refractivity contribution is 5.28. The Morgan fingerprint density at radius 1 is 1.00 bits per heavy atom. The summed E-state index contributed by atoms with van der Waals surface area (Å²) in [6, 6.07) is 19.0. The Morgan fingerprint density at radius 3 is 2.50 bits per heavy atom. The zero-order valence-electron chi connectivity index (χ0n) is 12.1. The second-order valence-electron chi connectivity index (χ2n) is 5.19. The maximum atomic E-state index is 6.22. The molecule has 20 heavy (non-hydrogen) atoms. The largest absolute Gasteiger partial charge is 0.497 e. The van der Waals surface area contributed by atoms with Gasteiger partial charge in [-0.05, 0) is 48.9 Å². The molecule has 1 unspecified atom stereocenters. The van der Waals surface area contributed by atoms with Gasteiger partial charge in [0.05, 0.1) is 7.11 Å². The highest BCUT2D eigenvalue weighted by Crippen LogP contribution is 2.15. The summed E-state index contributed by atoms with van der Waals surface area (Å²) in [5, 5.41) is 0. The van der Waals surface area contributed by atoms with Crippen molar-refractivity contribution in [2.24, 2.45) is 5.73 Å². The molecule has 0 amide bonds. The molecule has 0 aliphatic rings. The van der Waals surface area contributed by atoms with Crippen LogP contribution in [-0.2, 0) is 12.8 Å². The van der Waals surface area contributed by atoms with Crippen molar-refractivity contribution in [2.45, 2.75) is 31.7 Å². The van der Waals surface area contributed by atoms with Gasteiger partial charge in [-0.3, -0.25) is 0 Å². The van der Waals surface area contributed by atoms with Crippen LogP contribution in [0.15, 0.2) is 54.6 Å². The zero-order valence-corrected chi connectivity index (χ0v) is 12.1. The first-order valence-electron chi connectivity index (χ1n) is 7.20. The van der Waals surface area contributed by atoms with Gasteiger partial charge in [-0.15, -0.1) is 0 Å². The van der Waals surface area contributed by atoms with E-state index in [1.165, 1.54) is 11.1 Å². The van der Waals surface area contributed by atoms with E-state index < -0.39 is 0 Å². The van der Waals surface area contributed by atoms with E-state index >= 15 is 0 Å². The van der Waals surface area contributed by atoms with E-state index in [0.717, 1.165) is 31.4 Å². The molecular weight excluding hydrogens is 246 g/mol. The maximum Gasteiger partial charge on any atom is 0.119 e. The Balaban J connectivity index is 1.76. The molecule has 0 saturated heterocycles. The molecule has 106 valence electrons. The van der Waals surface area contributed by atoms with Gasteiger partial charge in [-0.2, -0.15) is 0 Å². The average molecular weight is 269 g/mol. The molecule has 2 rings (SSSR count). The topological polar surface area (TPSA) is 35.2 Å². The quantitative estimate of drug-likeness (QED) is 0.833. The van der Waals surface area contributed by atoms with E-state index in [2.05, 4.69) is 42.5 Å². The van der Waals surface area contributed by atoms with Crippen LogP contribution >= 0.6 is 0 Å². The molecule has 0 fully saturated rings. The third kappa shape index (κ3) is 4.71. The van der Waals surface area contributed by atoms with Crippen LogP contribution in [0, 0.1) is 0 Å². The summed E-state index contributed by atoms with van der Waals surface area (Å²) >= 11 is 0. The first-order valence-corrected chi connectivity index (χ1v) is 7.20. The molecule has 2 N–H and O–H groups in total. The predicted octanol–water partition coefficient (Wildman–Crippen LogP) is 3.59. The molecule has 0 heterocycles. The van der Waals surface area contributed by atoms with E-state index in [0.29, 0.717) is 0 Å². The Bertz CT molecular complexity index is 510. The molecule has 0 saturated carbocycles. The highest BCUT2D eigenvalue weighted by Gasteiger charge is 2.05. The van der Waals surface area contributed by atoms with E-state index in [1.807, 2.05) is 12.1 Å². The van der Waals surface area contributed by atoms with Crippen LogP contribution in [0.25, 0.3) is 0 Å². The van der Waals surface area contributed by atoms with Crippen molar-refractivity contribution in [3.05, 3.63) is 65.7 Å². The molecule has 0 aliphatic carbocycles. The zero-order chi connectivity index (χ0) is 14.2. The normalized spacial score (nSPS) is 12.1. The lowest BCUT2D eigenvalue weighted by molar-refractivity contribution is 0.414. The number of nitrogens with two attached hydrogens (primary N) is 1. The number of hydrogen-bond donors (Lipinski definition) is 1. The number of benzene rings is 2. The van der Waals surface area contributed by atoms with Crippen LogP contribution < -0.4 is 10.5 Å². The third-order valence-electron chi connectivity index (χ3n) is 3.52. The third-order valence-corrected chi connectivity index (χ3v) is 3.52. The van der Waals surface area contributed by atoms with Crippen LogP contribution in [-0.4, -0.2) is 13.2 Å². The molecule has 2 aromatic rings. The summed E-state index contributed by atoms with van der Waals surface area (Å²) in [5.41, 5.74) is 8.86.